The molecule has 0 spiro atoms. The van der Waals surface area contributed by atoms with E-state index in [1.807, 2.05) is 14.1 Å². The summed E-state index contributed by atoms with van der Waals surface area (Å²) in [6.45, 7) is 0. The first-order valence-electron chi connectivity index (χ1n) is 4.25. The second-order valence-corrected chi connectivity index (χ2v) is 3.02. The molecule has 0 fully saturated rings. The van der Waals surface area contributed by atoms with Crippen molar-refractivity contribution >= 4 is 11.6 Å². The van der Waals surface area contributed by atoms with E-state index in [-0.39, 0.29) is 5.91 Å². The predicted molar refractivity (Wildman–Crippen MR) is 54.9 cm³/mol. The van der Waals surface area contributed by atoms with Gasteiger partial charge in [0.2, 0.25) is 0 Å². The predicted octanol–water partition coefficient (Wildman–Crippen LogP) is 0.330. The highest BCUT2D eigenvalue weighted by Gasteiger charge is 2.04. The summed E-state index contributed by atoms with van der Waals surface area (Å²) in [7, 11) is 5.33. The molecule has 76 valence electrons. The molecule has 0 atom stereocenters. The lowest BCUT2D eigenvalue weighted by molar-refractivity contribution is 0.0958. The van der Waals surface area contributed by atoms with E-state index in [2.05, 4.69) is 15.7 Å². The van der Waals surface area contributed by atoms with Crippen molar-refractivity contribution < 1.29 is 4.79 Å². The molecule has 1 amide bonds. The Labute approximate surface area is 83.1 Å². The summed E-state index contributed by atoms with van der Waals surface area (Å²) in [6, 6.07) is 3.49. The van der Waals surface area contributed by atoms with Gasteiger partial charge in [0.15, 0.2) is 0 Å². The molecule has 0 bridgehead atoms. The van der Waals surface area contributed by atoms with Crippen LogP contribution >= 0.6 is 0 Å². The number of aromatic nitrogens is 1. The van der Waals surface area contributed by atoms with Crippen molar-refractivity contribution in [2.24, 2.45) is 0 Å². The molecule has 2 N–H and O–H groups in total. The number of nitrogens with zero attached hydrogens (tertiary/aromatic N) is 2. The van der Waals surface area contributed by atoms with Gasteiger partial charge in [-0.3, -0.25) is 9.78 Å². The Kier molecular flexibility index (Phi) is 3.41. The zero-order valence-electron chi connectivity index (χ0n) is 8.53. The van der Waals surface area contributed by atoms with E-state index in [4.69, 9.17) is 0 Å². The molecule has 0 saturated heterocycles. The number of hydrazine groups is 1. The van der Waals surface area contributed by atoms with Crippen molar-refractivity contribution in [3.63, 3.8) is 0 Å². The molecule has 0 unspecified atom stereocenters. The monoisotopic (exact) mass is 194 g/mol. The third kappa shape index (κ3) is 2.70. The third-order valence-electron chi connectivity index (χ3n) is 1.57. The number of rotatable bonds is 3. The molecule has 0 radical (unpaired) electrons. The minimum Gasteiger partial charge on any atom is -0.354 e. The number of carbonyl (C=O) groups is 1. The van der Waals surface area contributed by atoms with E-state index in [0.29, 0.717) is 5.69 Å². The van der Waals surface area contributed by atoms with Crippen LogP contribution in [0.25, 0.3) is 0 Å². The van der Waals surface area contributed by atoms with Gasteiger partial charge in [-0.05, 0) is 12.1 Å². The van der Waals surface area contributed by atoms with Gasteiger partial charge in [0.1, 0.15) is 5.69 Å². The Morgan fingerprint density at radius 1 is 1.50 bits per heavy atom. The number of hydrogen-bond donors (Lipinski definition) is 2. The second kappa shape index (κ2) is 4.57. The van der Waals surface area contributed by atoms with Gasteiger partial charge in [0.05, 0.1) is 5.69 Å². The zero-order chi connectivity index (χ0) is 10.6. The third-order valence-corrected chi connectivity index (χ3v) is 1.57. The quantitative estimate of drug-likeness (QED) is 0.681. The van der Waals surface area contributed by atoms with Crippen LogP contribution in [0.3, 0.4) is 0 Å². The molecule has 1 aromatic rings. The smallest absolute Gasteiger partial charge is 0.269 e. The van der Waals surface area contributed by atoms with E-state index in [0.717, 1.165) is 5.69 Å². The normalized spacial score (nSPS) is 10.0. The van der Waals surface area contributed by atoms with Gasteiger partial charge < -0.3 is 10.7 Å². The summed E-state index contributed by atoms with van der Waals surface area (Å²) in [6.07, 6.45) is 1.59. The van der Waals surface area contributed by atoms with E-state index in [1.54, 1.807) is 30.4 Å². The number of amides is 1. The second-order valence-electron chi connectivity index (χ2n) is 3.02. The van der Waals surface area contributed by atoms with Crippen molar-refractivity contribution in [3.05, 3.63) is 24.0 Å². The average molecular weight is 194 g/mol. The first-order chi connectivity index (χ1) is 6.63. The van der Waals surface area contributed by atoms with Crippen LogP contribution in [0.4, 0.5) is 5.69 Å². The summed E-state index contributed by atoms with van der Waals surface area (Å²) >= 11 is 0. The Hall–Kier alpha value is -1.62. The average Bonchev–Trinajstić information content (AvgIpc) is 2.16. The number of pyridine rings is 1. The maximum Gasteiger partial charge on any atom is 0.269 e. The zero-order valence-corrected chi connectivity index (χ0v) is 8.53. The highest BCUT2D eigenvalue weighted by Crippen LogP contribution is 2.07. The lowest BCUT2D eigenvalue weighted by atomic mass is 10.3. The molecule has 1 aromatic heterocycles. The van der Waals surface area contributed by atoms with Crippen LogP contribution in [0.1, 0.15) is 10.5 Å². The van der Waals surface area contributed by atoms with Crippen molar-refractivity contribution in [2.45, 2.75) is 0 Å². The highest BCUT2D eigenvalue weighted by molar-refractivity contribution is 5.92. The maximum atomic E-state index is 11.2. The molecular weight excluding hydrogens is 180 g/mol. The minimum atomic E-state index is -0.188. The van der Waals surface area contributed by atoms with Crippen molar-refractivity contribution in [1.82, 2.24) is 15.3 Å². The van der Waals surface area contributed by atoms with Gasteiger partial charge in [-0.1, -0.05) is 0 Å². The van der Waals surface area contributed by atoms with Crippen molar-refractivity contribution in [2.75, 3.05) is 26.6 Å². The Bertz CT molecular complexity index is 324. The van der Waals surface area contributed by atoms with Crippen LogP contribution in [0.15, 0.2) is 18.3 Å². The largest absolute Gasteiger partial charge is 0.354 e. The first kappa shape index (κ1) is 10.5. The van der Waals surface area contributed by atoms with E-state index in [1.165, 1.54) is 0 Å². The molecule has 0 aliphatic rings. The molecule has 14 heavy (non-hydrogen) atoms. The molecule has 0 saturated carbocycles. The number of hydrogen-bond acceptors (Lipinski definition) is 4. The molecule has 0 aliphatic heterocycles. The number of nitrogens with one attached hydrogen (secondary N) is 2. The summed E-state index contributed by atoms with van der Waals surface area (Å²) in [4.78, 5) is 15.2. The first-order valence-corrected chi connectivity index (χ1v) is 4.25. The molecular formula is C9H14N4O. The summed E-state index contributed by atoms with van der Waals surface area (Å²) in [5, 5.41) is 4.31. The summed E-state index contributed by atoms with van der Waals surface area (Å²) in [5.74, 6) is -0.188. The molecule has 1 heterocycles. The number of carbonyl (C=O) groups excluding carboxylic acids is 1. The molecule has 1 rings (SSSR count). The van der Waals surface area contributed by atoms with E-state index in [9.17, 15) is 4.79 Å². The fourth-order valence-electron chi connectivity index (χ4n) is 1.01. The molecule has 5 heteroatoms. The van der Waals surface area contributed by atoms with Crippen molar-refractivity contribution in [1.29, 1.82) is 0 Å². The standard InChI is InChI=1S/C9H14N4O/c1-10-9(14)8-6-7(4-5-11-8)12-13(2)3/h4-6H,1-3H3,(H,10,14)(H,11,12). The maximum absolute atomic E-state index is 11.2. The fraction of sp³-hybridized carbons (Fsp3) is 0.333. The van der Waals surface area contributed by atoms with Gasteiger partial charge in [-0.2, -0.15) is 0 Å². The van der Waals surface area contributed by atoms with Crippen LogP contribution in [0.2, 0.25) is 0 Å². The van der Waals surface area contributed by atoms with Gasteiger partial charge in [-0.25, -0.2) is 5.01 Å². The van der Waals surface area contributed by atoms with Crippen molar-refractivity contribution in [3.8, 4) is 0 Å². The fourth-order valence-corrected chi connectivity index (χ4v) is 1.01. The number of anilines is 1. The highest BCUT2D eigenvalue weighted by atomic mass is 16.1. The SMILES string of the molecule is CNC(=O)c1cc(NN(C)C)ccn1. The van der Waals surface area contributed by atoms with Gasteiger partial charge in [-0.15, -0.1) is 0 Å². The van der Waals surface area contributed by atoms with E-state index < -0.39 is 0 Å². The Morgan fingerprint density at radius 3 is 2.79 bits per heavy atom. The molecule has 0 aromatic carbocycles. The van der Waals surface area contributed by atoms with E-state index >= 15 is 0 Å². The van der Waals surface area contributed by atoms with Crippen LogP contribution < -0.4 is 10.7 Å². The Morgan fingerprint density at radius 2 is 2.21 bits per heavy atom. The van der Waals surface area contributed by atoms with Gasteiger partial charge in [0.25, 0.3) is 5.91 Å². The van der Waals surface area contributed by atoms with Crippen LogP contribution in [0.5, 0.6) is 0 Å². The van der Waals surface area contributed by atoms with Gasteiger partial charge >= 0.3 is 0 Å². The Balaban J connectivity index is 2.84. The summed E-state index contributed by atoms with van der Waals surface area (Å²) in [5.41, 5.74) is 4.28. The lowest BCUT2D eigenvalue weighted by Gasteiger charge is -2.13. The van der Waals surface area contributed by atoms with Crippen LogP contribution in [-0.4, -0.2) is 37.0 Å². The minimum absolute atomic E-state index is 0.188. The topological polar surface area (TPSA) is 57.3 Å². The molecule has 5 nitrogen and oxygen atoms in total. The van der Waals surface area contributed by atoms with Gasteiger partial charge in [0, 0.05) is 27.3 Å². The molecule has 0 aliphatic carbocycles. The van der Waals surface area contributed by atoms with Crippen LogP contribution in [-0.2, 0) is 0 Å². The lowest BCUT2D eigenvalue weighted by Crippen LogP contribution is -2.22. The van der Waals surface area contributed by atoms with Crippen LogP contribution in [0, 0.1) is 0 Å². The summed E-state index contributed by atoms with van der Waals surface area (Å²) < 4.78 is 0.